The molecule has 0 radical (unpaired) electrons. The van der Waals surface area contributed by atoms with Gasteiger partial charge < -0.3 is 0 Å². The van der Waals surface area contributed by atoms with Crippen molar-refractivity contribution in [2.45, 2.75) is 46.2 Å². The van der Waals surface area contributed by atoms with Gasteiger partial charge in [-0.3, -0.25) is 0 Å². The molecule has 0 saturated heterocycles. The number of hydrogen-bond donors (Lipinski definition) is 0. The Morgan fingerprint density at radius 1 is 1.30 bits per heavy atom. The molecule has 0 nitrogen and oxygen atoms in total. The van der Waals surface area contributed by atoms with Gasteiger partial charge in [-0.25, -0.2) is 4.39 Å². The van der Waals surface area contributed by atoms with Gasteiger partial charge in [-0.15, -0.1) is 0 Å². The zero-order chi connectivity index (χ0) is 14.8. The smallest absolute Gasteiger partial charge is 0.112 e. The van der Waals surface area contributed by atoms with Gasteiger partial charge in [-0.05, 0) is 51.7 Å². The van der Waals surface area contributed by atoms with E-state index >= 15 is 0 Å². The molecule has 108 valence electrons. The average Bonchev–Trinajstić information content (AvgIpc) is 2.41. The van der Waals surface area contributed by atoms with Crippen LogP contribution in [0.4, 0.5) is 4.39 Å². The molecule has 2 aliphatic rings. The molecule has 0 spiro atoms. The van der Waals surface area contributed by atoms with Crippen molar-refractivity contribution in [3.63, 3.8) is 0 Å². The molecular weight excluding hydrogens is 247 g/mol. The molecule has 0 bridgehead atoms. The molecule has 2 rings (SSSR count). The van der Waals surface area contributed by atoms with E-state index in [9.17, 15) is 4.39 Å². The first kappa shape index (κ1) is 15.0. The van der Waals surface area contributed by atoms with Crippen LogP contribution in [-0.2, 0) is 0 Å². The van der Waals surface area contributed by atoms with Crippen LogP contribution in [0, 0.1) is 11.8 Å². The maximum Gasteiger partial charge on any atom is 0.112 e. The highest BCUT2D eigenvalue weighted by Gasteiger charge is 2.28. The Hall–Kier alpha value is -1.37. The highest BCUT2D eigenvalue weighted by molar-refractivity contribution is 5.47. The number of rotatable bonds is 3. The van der Waals surface area contributed by atoms with Crippen molar-refractivity contribution in [2.75, 3.05) is 0 Å². The van der Waals surface area contributed by atoms with E-state index < -0.39 is 5.67 Å². The van der Waals surface area contributed by atoms with Crippen molar-refractivity contribution in [2.24, 2.45) is 11.8 Å². The summed E-state index contributed by atoms with van der Waals surface area (Å²) in [6.45, 7) is 7.58. The monoisotopic (exact) mass is 272 g/mol. The molecule has 0 aromatic heterocycles. The van der Waals surface area contributed by atoms with Crippen LogP contribution in [0.25, 0.3) is 0 Å². The minimum absolute atomic E-state index is 0.000877. The van der Waals surface area contributed by atoms with E-state index in [2.05, 4.69) is 50.3 Å². The Balaban J connectivity index is 2.12. The van der Waals surface area contributed by atoms with Crippen molar-refractivity contribution in [3.8, 4) is 0 Å². The fraction of sp³-hybridized carbons (Fsp3) is 0.474. The lowest BCUT2D eigenvalue weighted by atomic mass is 9.80. The molecule has 0 amide bonds. The lowest BCUT2D eigenvalue weighted by molar-refractivity contribution is 0.154. The summed E-state index contributed by atoms with van der Waals surface area (Å²) < 4.78 is 13.9. The van der Waals surface area contributed by atoms with E-state index in [-0.39, 0.29) is 5.92 Å². The third-order valence-electron chi connectivity index (χ3n) is 4.35. The summed E-state index contributed by atoms with van der Waals surface area (Å²) in [5, 5.41) is 0. The summed E-state index contributed by atoms with van der Waals surface area (Å²) in [7, 11) is 0. The molecule has 2 aliphatic carbocycles. The van der Waals surface area contributed by atoms with Gasteiger partial charge in [0.2, 0.25) is 0 Å². The van der Waals surface area contributed by atoms with Crippen LogP contribution in [0.2, 0.25) is 0 Å². The van der Waals surface area contributed by atoms with Gasteiger partial charge >= 0.3 is 0 Å². The quantitative estimate of drug-likeness (QED) is 0.578. The van der Waals surface area contributed by atoms with E-state index in [1.165, 1.54) is 16.7 Å². The van der Waals surface area contributed by atoms with Crippen LogP contribution < -0.4 is 0 Å². The van der Waals surface area contributed by atoms with Crippen LogP contribution in [0.1, 0.15) is 40.5 Å². The highest BCUT2D eigenvalue weighted by atomic mass is 19.1. The SMILES string of the molecule is C/C=C\C1CC(C2=CCC(C(C)(C)F)C=C2)=CC=C1C. The number of hydrogen-bond acceptors (Lipinski definition) is 0. The van der Waals surface area contributed by atoms with Crippen LogP contribution in [0.5, 0.6) is 0 Å². The third-order valence-corrected chi connectivity index (χ3v) is 4.35. The van der Waals surface area contributed by atoms with Gasteiger partial charge in [0.05, 0.1) is 0 Å². The first-order valence-electron chi connectivity index (χ1n) is 7.49. The zero-order valence-electron chi connectivity index (χ0n) is 13.0. The van der Waals surface area contributed by atoms with Crippen molar-refractivity contribution in [1.29, 1.82) is 0 Å². The molecule has 0 N–H and O–H groups in total. The summed E-state index contributed by atoms with van der Waals surface area (Å²) in [4.78, 5) is 0. The first-order valence-corrected chi connectivity index (χ1v) is 7.49. The molecule has 0 heterocycles. The molecular formula is C19H25F. The number of halogens is 1. The van der Waals surface area contributed by atoms with Crippen molar-refractivity contribution >= 4 is 0 Å². The van der Waals surface area contributed by atoms with Crippen LogP contribution in [0.3, 0.4) is 0 Å². The summed E-state index contributed by atoms with van der Waals surface area (Å²) in [5.74, 6) is 0.503. The summed E-state index contributed by atoms with van der Waals surface area (Å²) in [6.07, 6.45) is 17.0. The van der Waals surface area contributed by atoms with Gasteiger partial charge in [0, 0.05) is 11.8 Å². The molecule has 0 saturated carbocycles. The molecule has 0 fully saturated rings. The Labute approximate surface area is 122 Å². The van der Waals surface area contributed by atoms with E-state index in [0.717, 1.165) is 12.8 Å². The van der Waals surface area contributed by atoms with E-state index in [0.29, 0.717) is 5.92 Å². The van der Waals surface area contributed by atoms with Gasteiger partial charge in [0.25, 0.3) is 0 Å². The number of alkyl halides is 1. The zero-order valence-corrected chi connectivity index (χ0v) is 13.0. The second-order valence-electron chi connectivity index (χ2n) is 6.36. The molecule has 2 unspecified atom stereocenters. The lowest BCUT2D eigenvalue weighted by Crippen LogP contribution is -2.25. The van der Waals surface area contributed by atoms with E-state index in [1.807, 2.05) is 6.08 Å². The second-order valence-corrected chi connectivity index (χ2v) is 6.36. The first-order chi connectivity index (χ1) is 9.41. The van der Waals surface area contributed by atoms with Crippen molar-refractivity contribution in [3.05, 3.63) is 59.3 Å². The molecule has 0 aromatic carbocycles. The Morgan fingerprint density at radius 3 is 2.60 bits per heavy atom. The average molecular weight is 272 g/mol. The van der Waals surface area contributed by atoms with Crippen molar-refractivity contribution in [1.82, 2.24) is 0 Å². The summed E-state index contributed by atoms with van der Waals surface area (Å²) in [6, 6.07) is 0. The lowest BCUT2D eigenvalue weighted by Gasteiger charge is -2.27. The maximum absolute atomic E-state index is 13.9. The molecule has 2 atom stereocenters. The van der Waals surface area contributed by atoms with E-state index in [4.69, 9.17) is 0 Å². The topological polar surface area (TPSA) is 0 Å². The molecule has 1 heteroatoms. The fourth-order valence-electron chi connectivity index (χ4n) is 2.86. The van der Waals surface area contributed by atoms with Gasteiger partial charge in [0.15, 0.2) is 0 Å². The Kier molecular flexibility index (Phi) is 4.47. The number of allylic oxidation sites excluding steroid dienone is 10. The van der Waals surface area contributed by atoms with Gasteiger partial charge in [0.1, 0.15) is 5.67 Å². The van der Waals surface area contributed by atoms with Crippen LogP contribution in [0.15, 0.2) is 59.3 Å². The fourth-order valence-corrected chi connectivity index (χ4v) is 2.86. The normalized spacial score (nSPS) is 27.4. The molecule has 20 heavy (non-hydrogen) atoms. The third kappa shape index (κ3) is 3.39. The minimum Gasteiger partial charge on any atom is -0.244 e. The second kappa shape index (κ2) is 5.95. The molecule has 0 aliphatic heterocycles. The predicted molar refractivity (Wildman–Crippen MR) is 85.3 cm³/mol. The highest BCUT2D eigenvalue weighted by Crippen LogP contribution is 2.35. The van der Waals surface area contributed by atoms with Gasteiger partial charge in [-0.2, -0.15) is 0 Å². The maximum atomic E-state index is 13.9. The summed E-state index contributed by atoms with van der Waals surface area (Å²) >= 11 is 0. The predicted octanol–water partition coefficient (Wildman–Crippen LogP) is 5.71. The van der Waals surface area contributed by atoms with Crippen LogP contribution >= 0.6 is 0 Å². The standard InChI is InChI=1S/C19H25F/c1-5-6-16-13-17(8-7-14(16)2)15-9-11-18(12-10-15)19(3,4)20/h5-11,16,18H,12-13H2,1-4H3/b6-5-. The van der Waals surface area contributed by atoms with Gasteiger partial charge in [-0.1, -0.05) is 48.1 Å². The van der Waals surface area contributed by atoms with Crippen LogP contribution in [-0.4, -0.2) is 5.67 Å². The minimum atomic E-state index is -1.14. The van der Waals surface area contributed by atoms with Crippen molar-refractivity contribution < 1.29 is 4.39 Å². The Morgan fingerprint density at radius 2 is 2.05 bits per heavy atom. The van der Waals surface area contributed by atoms with E-state index in [1.54, 1.807) is 13.8 Å². The summed E-state index contributed by atoms with van der Waals surface area (Å²) in [5.41, 5.74) is 2.91. The Bertz CT molecular complexity index is 506. The largest absolute Gasteiger partial charge is 0.244 e. The molecule has 0 aromatic rings.